The maximum Gasteiger partial charge on any atom is 0.217 e. The molecule has 0 saturated carbocycles. The number of amides is 1. The van der Waals surface area contributed by atoms with Crippen LogP contribution in [-0.4, -0.2) is 17.4 Å². The molecule has 20 heavy (non-hydrogen) atoms. The molecule has 0 atom stereocenters. The number of hydrogen-bond donors (Lipinski definition) is 2. The van der Waals surface area contributed by atoms with Crippen LogP contribution in [0.3, 0.4) is 0 Å². The Labute approximate surface area is 117 Å². The summed E-state index contributed by atoms with van der Waals surface area (Å²) in [5, 5.41) is 5.03. The first-order valence-electron chi connectivity index (χ1n) is 6.48. The van der Waals surface area contributed by atoms with Gasteiger partial charge in [0.2, 0.25) is 5.91 Å². The summed E-state index contributed by atoms with van der Waals surface area (Å²) in [7, 11) is 0. The number of carbonyl (C=O) groups excluding carboxylic acids is 1. The highest BCUT2D eigenvalue weighted by atomic mass is 16.1. The van der Waals surface area contributed by atoms with Gasteiger partial charge in [0.25, 0.3) is 0 Å². The fourth-order valence-electron chi connectivity index (χ4n) is 2.24. The predicted molar refractivity (Wildman–Crippen MR) is 81.4 cm³/mol. The van der Waals surface area contributed by atoms with Crippen molar-refractivity contribution in [3.63, 3.8) is 0 Å². The molecule has 0 spiro atoms. The highest BCUT2D eigenvalue weighted by Gasteiger charge is 2.03. The maximum atomic E-state index is 10.8. The van der Waals surface area contributed by atoms with Crippen molar-refractivity contribution in [2.24, 2.45) is 0 Å². The minimum Gasteiger partial charge on any atom is -0.355 e. The predicted octanol–water partition coefficient (Wildman–Crippen LogP) is 2.81. The van der Waals surface area contributed by atoms with Crippen LogP contribution in [-0.2, 0) is 4.79 Å². The SMILES string of the molecule is CC(=O)NCC#Cc1ccc2[nH]c3ccccc3c2c1. The van der Waals surface area contributed by atoms with Gasteiger partial charge in [0.15, 0.2) is 0 Å². The van der Waals surface area contributed by atoms with Crippen LogP contribution in [0.25, 0.3) is 21.8 Å². The van der Waals surface area contributed by atoms with Gasteiger partial charge in [-0.1, -0.05) is 30.0 Å². The van der Waals surface area contributed by atoms with Gasteiger partial charge in [-0.3, -0.25) is 4.79 Å². The topological polar surface area (TPSA) is 44.9 Å². The largest absolute Gasteiger partial charge is 0.355 e. The third kappa shape index (κ3) is 2.36. The van der Waals surface area contributed by atoms with E-state index in [4.69, 9.17) is 0 Å². The van der Waals surface area contributed by atoms with Crippen molar-refractivity contribution in [3.8, 4) is 11.8 Å². The lowest BCUT2D eigenvalue weighted by molar-refractivity contribution is -0.118. The number of para-hydroxylation sites is 1. The fourth-order valence-corrected chi connectivity index (χ4v) is 2.24. The fraction of sp³-hybridized carbons (Fsp3) is 0.118. The van der Waals surface area contributed by atoms with Crippen LogP contribution in [0.2, 0.25) is 0 Å². The maximum absolute atomic E-state index is 10.8. The van der Waals surface area contributed by atoms with E-state index in [-0.39, 0.29) is 5.91 Å². The van der Waals surface area contributed by atoms with E-state index < -0.39 is 0 Å². The molecule has 3 rings (SSSR count). The van der Waals surface area contributed by atoms with Crippen molar-refractivity contribution in [3.05, 3.63) is 48.0 Å². The van der Waals surface area contributed by atoms with E-state index in [9.17, 15) is 4.79 Å². The molecule has 3 heteroatoms. The summed E-state index contributed by atoms with van der Waals surface area (Å²) >= 11 is 0. The van der Waals surface area contributed by atoms with Gasteiger partial charge in [-0.05, 0) is 24.3 Å². The molecule has 1 amide bonds. The minimum atomic E-state index is -0.0635. The Morgan fingerprint density at radius 3 is 2.80 bits per heavy atom. The number of aromatic nitrogens is 1. The first-order chi connectivity index (χ1) is 9.74. The Morgan fingerprint density at radius 2 is 1.95 bits per heavy atom. The lowest BCUT2D eigenvalue weighted by Crippen LogP contribution is -2.19. The molecule has 0 aliphatic heterocycles. The Kier molecular flexibility index (Phi) is 3.14. The number of nitrogens with one attached hydrogen (secondary N) is 2. The van der Waals surface area contributed by atoms with E-state index in [0.717, 1.165) is 16.6 Å². The second-order valence-corrected chi connectivity index (χ2v) is 4.64. The third-order valence-electron chi connectivity index (χ3n) is 3.16. The van der Waals surface area contributed by atoms with Crippen LogP contribution in [0.15, 0.2) is 42.5 Å². The zero-order chi connectivity index (χ0) is 13.9. The first-order valence-corrected chi connectivity index (χ1v) is 6.48. The molecule has 0 bridgehead atoms. The van der Waals surface area contributed by atoms with Gasteiger partial charge < -0.3 is 10.3 Å². The van der Waals surface area contributed by atoms with Gasteiger partial charge in [-0.15, -0.1) is 0 Å². The van der Waals surface area contributed by atoms with Crippen LogP contribution < -0.4 is 5.32 Å². The zero-order valence-electron chi connectivity index (χ0n) is 11.2. The second-order valence-electron chi connectivity index (χ2n) is 4.64. The van der Waals surface area contributed by atoms with Crippen LogP contribution in [0.4, 0.5) is 0 Å². The quantitative estimate of drug-likeness (QED) is 0.651. The van der Waals surface area contributed by atoms with E-state index in [1.54, 1.807) is 0 Å². The van der Waals surface area contributed by atoms with Crippen molar-refractivity contribution < 1.29 is 4.79 Å². The standard InChI is InChI=1S/C17H14N2O/c1-12(20)18-10-4-5-13-8-9-17-15(11-13)14-6-2-3-7-16(14)19-17/h2-3,6-9,11,19H,10H2,1H3,(H,18,20). The molecule has 2 N–H and O–H groups in total. The Morgan fingerprint density at radius 1 is 1.15 bits per heavy atom. The van der Waals surface area contributed by atoms with Crippen molar-refractivity contribution >= 4 is 27.7 Å². The minimum absolute atomic E-state index is 0.0635. The van der Waals surface area contributed by atoms with E-state index in [1.807, 2.05) is 24.3 Å². The second kappa shape index (κ2) is 5.10. The summed E-state index contributed by atoms with van der Waals surface area (Å²) in [5.74, 6) is 5.95. The molecule has 0 radical (unpaired) electrons. The molecular formula is C17H14N2O. The van der Waals surface area contributed by atoms with Crippen LogP contribution in [0, 0.1) is 11.8 Å². The van der Waals surface area contributed by atoms with Crippen LogP contribution in [0.1, 0.15) is 12.5 Å². The van der Waals surface area contributed by atoms with E-state index in [1.165, 1.54) is 17.7 Å². The lowest BCUT2D eigenvalue weighted by Gasteiger charge is -1.94. The number of hydrogen-bond acceptors (Lipinski definition) is 1. The normalized spacial score (nSPS) is 10.2. The first kappa shape index (κ1) is 12.3. The molecule has 3 nitrogen and oxygen atoms in total. The van der Waals surface area contributed by atoms with Crippen molar-refractivity contribution in [1.82, 2.24) is 10.3 Å². The monoisotopic (exact) mass is 262 g/mol. The van der Waals surface area contributed by atoms with Crippen molar-refractivity contribution in [2.75, 3.05) is 6.54 Å². The van der Waals surface area contributed by atoms with Gasteiger partial charge in [0, 0.05) is 34.3 Å². The van der Waals surface area contributed by atoms with Gasteiger partial charge in [0.05, 0.1) is 6.54 Å². The van der Waals surface area contributed by atoms with Crippen molar-refractivity contribution in [1.29, 1.82) is 0 Å². The van der Waals surface area contributed by atoms with Crippen LogP contribution >= 0.6 is 0 Å². The van der Waals surface area contributed by atoms with Gasteiger partial charge in [-0.25, -0.2) is 0 Å². The summed E-state index contributed by atoms with van der Waals surface area (Å²) in [6.07, 6.45) is 0. The lowest BCUT2D eigenvalue weighted by atomic mass is 10.1. The Hall–Kier alpha value is -2.73. The van der Waals surface area contributed by atoms with Crippen molar-refractivity contribution in [2.45, 2.75) is 6.92 Å². The average Bonchev–Trinajstić information content (AvgIpc) is 2.81. The third-order valence-corrected chi connectivity index (χ3v) is 3.16. The molecule has 0 aliphatic carbocycles. The van der Waals surface area contributed by atoms with Gasteiger partial charge >= 0.3 is 0 Å². The molecule has 98 valence electrons. The zero-order valence-corrected chi connectivity index (χ0v) is 11.2. The number of carbonyl (C=O) groups is 1. The summed E-state index contributed by atoms with van der Waals surface area (Å²) in [6.45, 7) is 1.86. The van der Waals surface area contributed by atoms with E-state index in [2.05, 4.69) is 40.3 Å². The average molecular weight is 262 g/mol. The van der Waals surface area contributed by atoms with E-state index in [0.29, 0.717) is 6.54 Å². The van der Waals surface area contributed by atoms with Crippen LogP contribution in [0.5, 0.6) is 0 Å². The summed E-state index contributed by atoms with van der Waals surface area (Å²) in [4.78, 5) is 14.1. The Balaban J connectivity index is 1.97. The number of H-pyrrole nitrogens is 1. The molecule has 0 fully saturated rings. The number of aromatic amines is 1. The van der Waals surface area contributed by atoms with Gasteiger partial charge in [-0.2, -0.15) is 0 Å². The summed E-state index contributed by atoms with van der Waals surface area (Å²) < 4.78 is 0. The molecule has 1 heterocycles. The highest BCUT2D eigenvalue weighted by Crippen LogP contribution is 2.25. The smallest absolute Gasteiger partial charge is 0.217 e. The molecule has 0 aliphatic rings. The number of fused-ring (bicyclic) bond motifs is 3. The number of benzene rings is 2. The molecule has 0 saturated heterocycles. The Bertz CT molecular complexity index is 849. The molecule has 0 unspecified atom stereocenters. The molecule has 2 aromatic carbocycles. The van der Waals surface area contributed by atoms with Gasteiger partial charge in [0.1, 0.15) is 0 Å². The summed E-state index contributed by atoms with van der Waals surface area (Å²) in [6, 6.07) is 14.3. The molecule has 1 aromatic heterocycles. The summed E-state index contributed by atoms with van der Waals surface area (Å²) in [5.41, 5.74) is 3.19. The number of rotatable bonds is 1. The molecule has 3 aromatic rings. The van der Waals surface area contributed by atoms with E-state index >= 15 is 0 Å². The highest BCUT2D eigenvalue weighted by molar-refractivity contribution is 6.07. The molecular weight excluding hydrogens is 248 g/mol.